The van der Waals surface area contributed by atoms with Gasteiger partial charge in [-0.15, -0.1) is 0 Å². The Balaban J connectivity index is 1.34. The molecule has 0 aromatic heterocycles. The van der Waals surface area contributed by atoms with Crippen molar-refractivity contribution < 1.29 is 0 Å². The summed E-state index contributed by atoms with van der Waals surface area (Å²) in [5.74, 6) is 0. The largest absolute Gasteiger partial charge is 0.0622 e. The maximum absolute atomic E-state index is 2.42. The molecule has 0 radical (unpaired) electrons. The van der Waals surface area contributed by atoms with Crippen LogP contribution in [0.25, 0.3) is 87.6 Å². The van der Waals surface area contributed by atoms with Crippen LogP contribution in [-0.2, 0) is 6.42 Å². The lowest BCUT2D eigenvalue weighted by atomic mass is 9.81. The first-order valence-corrected chi connectivity index (χ1v) is 16.5. The molecule has 0 aliphatic heterocycles. The fraction of sp³-hybridized carbons (Fsp3) is 0.0213. The van der Waals surface area contributed by atoms with Crippen molar-refractivity contribution in [2.75, 3.05) is 0 Å². The smallest absolute Gasteiger partial charge is 0.000705 e. The minimum atomic E-state index is 0.946. The van der Waals surface area contributed by atoms with Gasteiger partial charge in [0.25, 0.3) is 0 Å². The lowest BCUT2D eigenvalue weighted by Crippen LogP contribution is -1.96. The van der Waals surface area contributed by atoms with Crippen LogP contribution in [0.3, 0.4) is 0 Å². The Labute approximate surface area is 274 Å². The fourth-order valence-corrected chi connectivity index (χ4v) is 8.30. The zero-order chi connectivity index (χ0) is 30.9. The highest BCUT2D eigenvalue weighted by Crippen LogP contribution is 2.51. The number of fused-ring (bicyclic) bond motifs is 7. The fourth-order valence-electron chi connectivity index (χ4n) is 8.30. The molecule has 1 aliphatic rings. The summed E-state index contributed by atoms with van der Waals surface area (Å²) >= 11 is 0. The number of hydrogen-bond donors (Lipinski definition) is 0. The van der Waals surface area contributed by atoms with Crippen molar-refractivity contribution in [3.63, 3.8) is 0 Å². The first kappa shape index (κ1) is 26.3. The molecule has 0 saturated heterocycles. The van der Waals surface area contributed by atoms with Gasteiger partial charge in [0.15, 0.2) is 0 Å². The molecule has 0 bridgehead atoms. The maximum atomic E-state index is 2.42. The summed E-state index contributed by atoms with van der Waals surface area (Å²) in [4.78, 5) is 0. The second-order valence-electron chi connectivity index (χ2n) is 12.7. The molecule has 218 valence electrons. The van der Waals surface area contributed by atoms with Gasteiger partial charge in [-0.05, 0) is 111 Å². The van der Waals surface area contributed by atoms with E-state index < -0.39 is 0 Å². The lowest BCUT2D eigenvalue weighted by molar-refractivity contribution is 1.27. The lowest BCUT2D eigenvalue weighted by Gasteiger charge is -2.22. The predicted molar refractivity (Wildman–Crippen MR) is 201 cm³/mol. The van der Waals surface area contributed by atoms with Crippen LogP contribution in [0.5, 0.6) is 0 Å². The molecular formula is C47H30. The molecule has 0 spiro atoms. The minimum absolute atomic E-state index is 0.946. The quantitative estimate of drug-likeness (QED) is 0.179. The number of hydrogen-bond acceptors (Lipinski definition) is 0. The van der Waals surface area contributed by atoms with Gasteiger partial charge in [-0.2, -0.15) is 0 Å². The Morgan fingerprint density at radius 3 is 1.51 bits per heavy atom. The average molecular weight is 595 g/mol. The molecule has 9 aromatic carbocycles. The molecule has 1 aliphatic carbocycles. The van der Waals surface area contributed by atoms with Crippen molar-refractivity contribution in [1.29, 1.82) is 0 Å². The van der Waals surface area contributed by atoms with Crippen LogP contribution in [0.15, 0.2) is 170 Å². The molecule has 0 N–H and O–H groups in total. The van der Waals surface area contributed by atoms with E-state index in [1.807, 2.05) is 0 Å². The molecule has 0 saturated carbocycles. The third-order valence-electron chi connectivity index (χ3n) is 10.3. The summed E-state index contributed by atoms with van der Waals surface area (Å²) in [5, 5.41) is 10.3. The van der Waals surface area contributed by atoms with Gasteiger partial charge < -0.3 is 0 Å². The maximum Gasteiger partial charge on any atom is -0.000705 e. The van der Waals surface area contributed by atoms with Crippen LogP contribution < -0.4 is 0 Å². The van der Waals surface area contributed by atoms with Crippen LogP contribution in [0.2, 0.25) is 0 Å². The number of benzene rings is 9. The van der Waals surface area contributed by atoms with Gasteiger partial charge in [-0.3, -0.25) is 0 Å². The highest BCUT2D eigenvalue weighted by molar-refractivity contribution is 6.26. The van der Waals surface area contributed by atoms with Crippen molar-refractivity contribution in [3.05, 3.63) is 181 Å². The standard InChI is InChI=1S/C47H30/c1-2-14-30(15-3-1)34-26-27-42(37-21-9-8-20-36(34)37)45-38-22-10-12-24-40(38)47(41-25-13-11-23-39(41)45)46-35-19-7-5-17-32(35)28-43-33-18-6-4-16-31(33)29-44(43)46/h1-28H,29H2. The first-order valence-electron chi connectivity index (χ1n) is 16.5. The Bertz CT molecular complexity index is 2640. The van der Waals surface area contributed by atoms with Gasteiger partial charge in [-0.25, -0.2) is 0 Å². The van der Waals surface area contributed by atoms with Gasteiger partial charge in [0.1, 0.15) is 0 Å². The molecule has 0 atom stereocenters. The Morgan fingerprint density at radius 2 is 0.809 bits per heavy atom. The zero-order valence-corrected chi connectivity index (χ0v) is 25.9. The molecule has 0 nitrogen and oxygen atoms in total. The van der Waals surface area contributed by atoms with Crippen LogP contribution in [-0.4, -0.2) is 0 Å². The molecule has 47 heavy (non-hydrogen) atoms. The van der Waals surface area contributed by atoms with E-state index in [-0.39, 0.29) is 0 Å². The summed E-state index contributed by atoms with van der Waals surface area (Å²) in [6, 6.07) is 62.8. The van der Waals surface area contributed by atoms with E-state index in [1.54, 1.807) is 0 Å². The van der Waals surface area contributed by atoms with Crippen LogP contribution in [0, 0.1) is 0 Å². The van der Waals surface area contributed by atoms with Gasteiger partial charge in [-0.1, -0.05) is 164 Å². The molecule has 0 fully saturated rings. The van der Waals surface area contributed by atoms with Gasteiger partial charge in [0.2, 0.25) is 0 Å². The van der Waals surface area contributed by atoms with Crippen LogP contribution in [0.4, 0.5) is 0 Å². The molecule has 10 rings (SSSR count). The first-order chi connectivity index (χ1) is 23.3. The van der Waals surface area contributed by atoms with E-state index in [9.17, 15) is 0 Å². The normalized spacial score (nSPS) is 12.2. The predicted octanol–water partition coefficient (Wildman–Crippen LogP) is 12.9. The van der Waals surface area contributed by atoms with Crippen molar-refractivity contribution in [2.45, 2.75) is 6.42 Å². The third kappa shape index (κ3) is 3.89. The minimum Gasteiger partial charge on any atom is -0.0622 e. The van der Waals surface area contributed by atoms with Crippen LogP contribution >= 0.6 is 0 Å². The van der Waals surface area contributed by atoms with E-state index >= 15 is 0 Å². The average Bonchev–Trinajstić information content (AvgIpc) is 3.51. The highest BCUT2D eigenvalue weighted by atomic mass is 14.3. The Hall–Kier alpha value is -5.98. The molecule has 9 aromatic rings. The monoisotopic (exact) mass is 594 g/mol. The SMILES string of the molecule is c1ccc(-c2ccc(-c3c4ccccc4c(-c4c5c(cc6ccccc46)-c4ccccc4C5)c4ccccc34)c3ccccc23)cc1. The van der Waals surface area contributed by atoms with Crippen molar-refractivity contribution in [2.24, 2.45) is 0 Å². The van der Waals surface area contributed by atoms with Gasteiger partial charge >= 0.3 is 0 Å². The topological polar surface area (TPSA) is 0 Å². The number of rotatable bonds is 3. The summed E-state index contributed by atoms with van der Waals surface area (Å²) < 4.78 is 0. The zero-order valence-electron chi connectivity index (χ0n) is 25.9. The van der Waals surface area contributed by atoms with Crippen molar-refractivity contribution >= 4 is 43.1 Å². The second-order valence-corrected chi connectivity index (χ2v) is 12.7. The van der Waals surface area contributed by atoms with Gasteiger partial charge in [0.05, 0.1) is 0 Å². The van der Waals surface area contributed by atoms with E-state index in [0.29, 0.717) is 0 Å². The Morgan fingerprint density at radius 1 is 0.298 bits per heavy atom. The third-order valence-corrected chi connectivity index (χ3v) is 10.3. The summed E-state index contributed by atoms with van der Waals surface area (Å²) in [7, 11) is 0. The molecule has 0 unspecified atom stereocenters. The van der Waals surface area contributed by atoms with Crippen LogP contribution in [0.1, 0.15) is 11.1 Å². The van der Waals surface area contributed by atoms with E-state index in [4.69, 9.17) is 0 Å². The Kier molecular flexibility index (Phi) is 5.74. The summed E-state index contributed by atoms with van der Waals surface area (Å²) in [6.07, 6.45) is 0.946. The van der Waals surface area contributed by atoms with E-state index in [0.717, 1.165) is 6.42 Å². The summed E-state index contributed by atoms with van der Waals surface area (Å²) in [6.45, 7) is 0. The summed E-state index contributed by atoms with van der Waals surface area (Å²) in [5.41, 5.74) is 13.4. The molecule has 0 heterocycles. The molecule has 0 heteroatoms. The van der Waals surface area contributed by atoms with E-state index in [2.05, 4.69) is 170 Å². The van der Waals surface area contributed by atoms with E-state index in [1.165, 1.54) is 98.7 Å². The second kappa shape index (κ2) is 10.3. The highest BCUT2D eigenvalue weighted by Gasteiger charge is 2.27. The molecular weight excluding hydrogens is 565 g/mol. The van der Waals surface area contributed by atoms with Crippen molar-refractivity contribution in [1.82, 2.24) is 0 Å². The molecule has 0 amide bonds. The van der Waals surface area contributed by atoms with Gasteiger partial charge in [0, 0.05) is 0 Å². The van der Waals surface area contributed by atoms with Crippen molar-refractivity contribution in [3.8, 4) is 44.5 Å².